The average Bonchev–Trinajstić information content (AvgIpc) is 2.47. The van der Waals surface area contributed by atoms with Crippen molar-refractivity contribution in [3.05, 3.63) is 47.8 Å². The Labute approximate surface area is 124 Å². The highest BCUT2D eigenvalue weighted by atomic mass is 16.5. The Bertz CT molecular complexity index is 584. The largest absolute Gasteiger partial charge is 0.399 e. The van der Waals surface area contributed by atoms with Gasteiger partial charge in [0.25, 0.3) is 0 Å². The highest BCUT2D eigenvalue weighted by Gasteiger charge is 2.23. The van der Waals surface area contributed by atoms with Crippen LogP contribution in [0.2, 0.25) is 0 Å². The summed E-state index contributed by atoms with van der Waals surface area (Å²) in [5, 5.41) is 0. The van der Waals surface area contributed by atoms with Crippen LogP contribution in [0.4, 0.5) is 5.69 Å². The Balaban J connectivity index is 1.70. The standard InChI is InChI=1S/C15H19N5O/c1-11-6-12(16)7-14(19-11)15-10-20(4-5-21-15)9-13-8-17-2-3-18-13/h2-3,6-8,15H,4-5,9-10H2,1H3,(H2,16,19)/t15-/m0/s1. The minimum absolute atomic E-state index is 0.0439. The van der Waals surface area contributed by atoms with E-state index in [4.69, 9.17) is 10.5 Å². The molecule has 1 aliphatic rings. The van der Waals surface area contributed by atoms with Crippen LogP contribution in [0.15, 0.2) is 30.7 Å². The Morgan fingerprint density at radius 3 is 3.05 bits per heavy atom. The van der Waals surface area contributed by atoms with Gasteiger partial charge in [-0.2, -0.15) is 0 Å². The average molecular weight is 285 g/mol. The molecule has 1 aliphatic heterocycles. The molecule has 21 heavy (non-hydrogen) atoms. The molecule has 6 heteroatoms. The van der Waals surface area contributed by atoms with Gasteiger partial charge in [0.2, 0.25) is 0 Å². The van der Waals surface area contributed by atoms with Gasteiger partial charge in [-0.25, -0.2) is 0 Å². The Hall–Kier alpha value is -2.05. The number of aryl methyl sites for hydroxylation is 1. The molecule has 110 valence electrons. The summed E-state index contributed by atoms with van der Waals surface area (Å²) in [6, 6.07) is 3.76. The summed E-state index contributed by atoms with van der Waals surface area (Å²) in [5.74, 6) is 0. The Kier molecular flexibility index (Phi) is 4.08. The number of morpholine rings is 1. The number of aromatic nitrogens is 3. The van der Waals surface area contributed by atoms with Gasteiger partial charge in [0.05, 0.1) is 18.0 Å². The molecule has 2 aromatic heterocycles. The van der Waals surface area contributed by atoms with Crippen LogP contribution in [0.1, 0.15) is 23.2 Å². The monoisotopic (exact) mass is 285 g/mol. The maximum Gasteiger partial charge on any atom is 0.112 e. The van der Waals surface area contributed by atoms with Gasteiger partial charge in [-0.1, -0.05) is 0 Å². The van der Waals surface area contributed by atoms with Gasteiger partial charge in [0, 0.05) is 49.6 Å². The van der Waals surface area contributed by atoms with Gasteiger partial charge < -0.3 is 10.5 Å². The van der Waals surface area contributed by atoms with E-state index < -0.39 is 0 Å². The fourth-order valence-electron chi connectivity index (χ4n) is 2.55. The number of anilines is 1. The Morgan fingerprint density at radius 1 is 1.38 bits per heavy atom. The van der Waals surface area contributed by atoms with Crippen molar-refractivity contribution < 1.29 is 4.74 Å². The number of hydrogen-bond acceptors (Lipinski definition) is 6. The van der Waals surface area contributed by atoms with Crippen LogP contribution in [-0.4, -0.2) is 39.5 Å². The van der Waals surface area contributed by atoms with Gasteiger partial charge in [0.1, 0.15) is 6.10 Å². The number of pyridine rings is 1. The van der Waals surface area contributed by atoms with E-state index >= 15 is 0 Å². The van der Waals surface area contributed by atoms with Crippen molar-refractivity contribution in [1.82, 2.24) is 19.9 Å². The molecule has 3 heterocycles. The molecule has 1 atom stereocenters. The molecule has 2 N–H and O–H groups in total. The molecule has 0 aliphatic carbocycles. The molecular weight excluding hydrogens is 266 g/mol. The summed E-state index contributed by atoms with van der Waals surface area (Å²) in [6.45, 7) is 5.07. The first-order valence-electron chi connectivity index (χ1n) is 7.03. The van der Waals surface area contributed by atoms with Crippen LogP contribution in [-0.2, 0) is 11.3 Å². The molecule has 0 bridgehead atoms. The zero-order valence-electron chi connectivity index (χ0n) is 12.1. The van der Waals surface area contributed by atoms with E-state index in [0.717, 1.165) is 42.4 Å². The van der Waals surface area contributed by atoms with E-state index in [0.29, 0.717) is 6.61 Å². The van der Waals surface area contributed by atoms with Gasteiger partial charge in [-0.05, 0) is 19.1 Å². The number of hydrogen-bond donors (Lipinski definition) is 1. The molecule has 0 amide bonds. The zero-order valence-corrected chi connectivity index (χ0v) is 12.1. The molecule has 1 saturated heterocycles. The summed E-state index contributed by atoms with van der Waals surface area (Å²) in [4.78, 5) is 15.3. The fraction of sp³-hybridized carbons (Fsp3) is 0.400. The normalized spacial score (nSPS) is 19.6. The predicted molar refractivity (Wildman–Crippen MR) is 79.4 cm³/mol. The molecule has 0 unspecified atom stereocenters. The third-order valence-corrected chi connectivity index (χ3v) is 3.48. The minimum Gasteiger partial charge on any atom is -0.399 e. The van der Waals surface area contributed by atoms with Crippen molar-refractivity contribution in [2.24, 2.45) is 0 Å². The lowest BCUT2D eigenvalue weighted by Gasteiger charge is -2.32. The van der Waals surface area contributed by atoms with Crippen LogP contribution in [0.25, 0.3) is 0 Å². The van der Waals surface area contributed by atoms with Crippen molar-refractivity contribution in [2.75, 3.05) is 25.4 Å². The van der Waals surface area contributed by atoms with Crippen molar-refractivity contribution in [1.29, 1.82) is 0 Å². The van der Waals surface area contributed by atoms with E-state index in [1.54, 1.807) is 18.6 Å². The quantitative estimate of drug-likeness (QED) is 0.917. The second-order valence-electron chi connectivity index (χ2n) is 5.26. The summed E-state index contributed by atoms with van der Waals surface area (Å²) in [7, 11) is 0. The molecule has 0 spiro atoms. The first-order chi connectivity index (χ1) is 10.2. The van der Waals surface area contributed by atoms with Crippen molar-refractivity contribution in [2.45, 2.75) is 19.6 Å². The van der Waals surface area contributed by atoms with Gasteiger partial charge in [-0.15, -0.1) is 0 Å². The summed E-state index contributed by atoms with van der Waals surface area (Å²) < 4.78 is 5.85. The van der Waals surface area contributed by atoms with Crippen LogP contribution < -0.4 is 5.73 Å². The predicted octanol–water partition coefficient (Wildman–Crippen LogP) is 1.34. The molecule has 3 rings (SSSR count). The van der Waals surface area contributed by atoms with Crippen molar-refractivity contribution in [3.63, 3.8) is 0 Å². The molecule has 0 aromatic carbocycles. The maximum absolute atomic E-state index is 5.90. The van der Waals surface area contributed by atoms with E-state index in [2.05, 4.69) is 19.9 Å². The molecule has 1 fully saturated rings. The van der Waals surface area contributed by atoms with Gasteiger partial charge >= 0.3 is 0 Å². The number of nitrogens with zero attached hydrogens (tertiary/aromatic N) is 4. The lowest BCUT2D eigenvalue weighted by molar-refractivity contribution is -0.0354. The molecule has 6 nitrogen and oxygen atoms in total. The van der Waals surface area contributed by atoms with Crippen LogP contribution in [0, 0.1) is 6.92 Å². The fourth-order valence-corrected chi connectivity index (χ4v) is 2.55. The van der Waals surface area contributed by atoms with Crippen molar-refractivity contribution >= 4 is 5.69 Å². The smallest absolute Gasteiger partial charge is 0.112 e. The summed E-state index contributed by atoms with van der Waals surface area (Å²) >= 11 is 0. The number of nitrogens with two attached hydrogens (primary N) is 1. The first kappa shape index (κ1) is 13.9. The molecule has 0 radical (unpaired) electrons. The second kappa shape index (κ2) is 6.15. The summed E-state index contributed by atoms with van der Waals surface area (Å²) in [5.41, 5.74) is 9.41. The van der Waals surface area contributed by atoms with Crippen molar-refractivity contribution in [3.8, 4) is 0 Å². The minimum atomic E-state index is -0.0439. The number of rotatable bonds is 3. The third-order valence-electron chi connectivity index (χ3n) is 3.48. The summed E-state index contributed by atoms with van der Waals surface area (Å²) in [6.07, 6.45) is 5.16. The van der Waals surface area contributed by atoms with E-state index in [9.17, 15) is 0 Å². The van der Waals surface area contributed by atoms with Crippen LogP contribution >= 0.6 is 0 Å². The molecule has 0 saturated carbocycles. The van der Waals surface area contributed by atoms with Crippen LogP contribution in [0.5, 0.6) is 0 Å². The first-order valence-corrected chi connectivity index (χ1v) is 7.03. The SMILES string of the molecule is Cc1cc(N)cc([C@@H]2CN(Cc3cnccn3)CCO2)n1. The maximum atomic E-state index is 5.90. The van der Waals surface area contributed by atoms with E-state index in [1.165, 1.54) is 0 Å². The molecule has 2 aromatic rings. The highest BCUT2D eigenvalue weighted by Crippen LogP contribution is 2.23. The topological polar surface area (TPSA) is 77.2 Å². The Morgan fingerprint density at radius 2 is 2.29 bits per heavy atom. The molecular formula is C15H19N5O. The van der Waals surface area contributed by atoms with E-state index in [-0.39, 0.29) is 6.10 Å². The van der Waals surface area contributed by atoms with Gasteiger partial charge in [0.15, 0.2) is 0 Å². The van der Waals surface area contributed by atoms with Gasteiger partial charge in [-0.3, -0.25) is 19.9 Å². The number of ether oxygens (including phenoxy) is 1. The lowest BCUT2D eigenvalue weighted by Crippen LogP contribution is -2.38. The highest BCUT2D eigenvalue weighted by molar-refractivity contribution is 5.40. The third kappa shape index (κ3) is 3.53. The lowest BCUT2D eigenvalue weighted by atomic mass is 10.1. The van der Waals surface area contributed by atoms with Crippen LogP contribution in [0.3, 0.4) is 0 Å². The number of nitrogen functional groups attached to an aromatic ring is 1. The van der Waals surface area contributed by atoms with E-state index in [1.807, 2.05) is 19.1 Å². The zero-order chi connectivity index (χ0) is 14.7. The second-order valence-corrected chi connectivity index (χ2v) is 5.26.